The molecule has 2 rings (SSSR count). The Morgan fingerprint density at radius 1 is 1.32 bits per heavy atom. The normalized spacial score (nSPS) is 10.7. The predicted octanol–water partition coefficient (Wildman–Crippen LogP) is -2.18. The van der Waals surface area contributed by atoms with Gasteiger partial charge in [0.25, 0.3) is 11.5 Å². The van der Waals surface area contributed by atoms with Crippen LogP contribution < -0.4 is 28.3 Å². The Morgan fingerprint density at radius 2 is 1.95 bits per heavy atom. The summed E-state index contributed by atoms with van der Waals surface area (Å²) in [7, 11) is 2.79. The third-order valence-electron chi connectivity index (χ3n) is 2.83. The maximum Gasteiger partial charge on any atom is 0.332 e. The number of aromatic nitrogens is 3. The monoisotopic (exact) mass is 264 g/mol. The number of nitrogens with two attached hydrogens (primary N) is 2. The van der Waals surface area contributed by atoms with Gasteiger partial charge in [0, 0.05) is 14.1 Å². The number of nitrogen functional groups attached to an aromatic ring is 2. The fourth-order valence-electron chi connectivity index (χ4n) is 1.77. The number of anilines is 1. The number of pyridine rings is 1. The van der Waals surface area contributed by atoms with Gasteiger partial charge in [-0.2, -0.15) is 0 Å². The van der Waals surface area contributed by atoms with E-state index in [-0.39, 0.29) is 22.4 Å². The first kappa shape index (κ1) is 12.8. The van der Waals surface area contributed by atoms with Crippen molar-refractivity contribution in [1.82, 2.24) is 19.5 Å². The number of nitrogens with one attached hydrogen (secondary N) is 1. The van der Waals surface area contributed by atoms with Gasteiger partial charge in [-0.15, -0.1) is 0 Å². The zero-order chi connectivity index (χ0) is 14.3. The molecule has 0 aliphatic rings. The first-order valence-electron chi connectivity index (χ1n) is 5.25. The number of nitrogens with zero attached hydrogens (tertiary/aromatic N) is 3. The van der Waals surface area contributed by atoms with E-state index in [1.807, 2.05) is 5.43 Å². The second-order valence-corrected chi connectivity index (χ2v) is 3.97. The van der Waals surface area contributed by atoms with Gasteiger partial charge < -0.3 is 5.73 Å². The highest BCUT2D eigenvalue weighted by molar-refractivity contribution is 6.00. The minimum absolute atomic E-state index is 0.0225. The summed E-state index contributed by atoms with van der Waals surface area (Å²) in [5, 5.41) is 0.109. The average molecular weight is 264 g/mol. The molecule has 2 aromatic rings. The van der Waals surface area contributed by atoms with Crippen molar-refractivity contribution in [2.75, 3.05) is 5.73 Å². The van der Waals surface area contributed by atoms with Crippen molar-refractivity contribution in [3.8, 4) is 0 Å². The van der Waals surface area contributed by atoms with Crippen LogP contribution in [0.2, 0.25) is 0 Å². The van der Waals surface area contributed by atoms with Crippen molar-refractivity contribution in [3.63, 3.8) is 0 Å². The number of rotatable bonds is 1. The van der Waals surface area contributed by atoms with E-state index in [4.69, 9.17) is 11.6 Å². The first-order chi connectivity index (χ1) is 8.88. The Bertz CT molecular complexity index is 803. The molecule has 0 unspecified atom stereocenters. The summed E-state index contributed by atoms with van der Waals surface area (Å²) in [6.07, 6.45) is 0. The molecule has 5 N–H and O–H groups in total. The zero-order valence-corrected chi connectivity index (χ0v) is 10.3. The molecule has 0 aliphatic carbocycles. The Balaban J connectivity index is 2.99. The largest absolute Gasteiger partial charge is 0.383 e. The van der Waals surface area contributed by atoms with Crippen LogP contribution in [0.25, 0.3) is 11.0 Å². The van der Waals surface area contributed by atoms with Crippen molar-refractivity contribution in [3.05, 3.63) is 32.5 Å². The Kier molecular flexibility index (Phi) is 2.83. The highest BCUT2D eigenvalue weighted by Gasteiger charge is 2.16. The molecule has 2 aromatic heterocycles. The molecule has 0 spiro atoms. The lowest BCUT2D eigenvalue weighted by molar-refractivity contribution is 0.0954. The quantitative estimate of drug-likeness (QED) is 0.304. The number of fused-ring (bicyclic) bond motifs is 1. The number of hydrogen-bond donors (Lipinski definition) is 3. The molecule has 0 radical (unpaired) electrons. The molecule has 0 aromatic carbocycles. The summed E-state index contributed by atoms with van der Waals surface area (Å²) >= 11 is 0. The fraction of sp³-hybridized carbons (Fsp3) is 0.200. The lowest BCUT2D eigenvalue weighted by atomic mass is 10.2. The summed E-state index contributed by atoms with van der Waals surface area (Å²) in [6, 6.07) is 1.27. The van der Waals surface area contributed by atoms with E-state index in [0.717, 1.165) is 4.57 Å². The van der Waals surface area contributed by atoms with Gasteiger partial charge in [0.15, 0.2) is 5.65 Å². The summed E-state index contributed by atoms with van der Waals surface area (Å²) in [4.78, 5) is 39.1. The minimum atomic E-state index is -0.664. The molecule has 9 nitrogen and oxygen atoms in total. The van der Waals surface area contributed by atoms with Crippen LogP contribution in [0.5, 0.6) is 0 Å². The van der Waals surface area contributed by atoms with Gasteiger partial charge in [0.05, 0.1) is 10.9 Å². The van der Waals surface area contributed by atoms with Crippen molar-refractivity contribution < 1.29 is 4.79 Å². The number of amides is 1. The van der Waals surface area contributed by atoms with Crippen LogP contribution in [0.4, 0.5) is 5.82 Å². The highest BCUT2D eigenvalue weighted by Crippen LogP contribution is 2.14. The van der Waals surface area contributed by atoms with E-state index in [2.05, 4.69) is 4.98 Å². The van der Waals surface area contributed by atoms with Crippen molar-refractivity contribution >= 4 is 22.8 Å². The van der Waals surface area contributed by atoms with Crippen LogP contribution in [0.3, 0.4) is 0 Å². The maximum absolute atomic E-state index is 12.0. The van der Waals surface area contributed by atoms with Crippen LogP contribution in [0, 0.1) is 0 Å². The number of carbonyl (C=O) groups is 1. The zero-order valence-electron chi connectivity index (χ0n) is 10.3. The Hall–Kier alpha value is -2.68. The van der Waals surface area contributed by atoms with E-state index in [1.165, 1.54) is 24.7 Å². The molecular formula is C10H12N6O3. The molecule has 0 saturated carbocycles. The van der Waals surface area contributed by atoms with Crippen molar-refractivity contribution in [2.24, 2.45) is 19.9 Å². The van der Waals surface area contributed by atoms with Crippen LogP contribution in [0.15, 0.2) is 15.7 Å². The SMILES string of the molecule is Cn1c(=O)c2cc(C(=O)NN)c(N)nc2n(C)c1=O. The number of hydrazine groups is 1. The van der Waals surface area contributed by atoms with Crippen molar-refractivity contribution in [2.45, 2.75) is 0 Å². The second-order valence-electron chi connectivity index (χ2n) is 3.97. The molecule has 0 aliphatic heterocycles. The van der Waals surface area contributed by atoms with Crippen LogP contribution in [-0.2, 0) is 14.1 Å². The topological polar surface area (TPSA) is 138 Å². The van der Waals surface area contributed by atoms with Gasteiger partial charge in [-0.3, -0.25) is 24.1 Å². The highest BCUT2D eigenvalue weighted by atomic mass is 16.2. The molecule has 0 atom stereocenters. The van der Waals surface area contributed by atoms with Gasteiger partial charge in [-0.05, 0) is 6.07 Å². The minimum Gasteiger partial charge on any atom is -0.383 e. The summed E-state index contributed by atoms with van der Waals surface area (Å²) in [5.74, 6) is 4.24. The number of carbonyl (C=O) groups excluding carboxylic acids is 1. The maximum atomic E-state index is 12.0. The molecule has 0 bridgehead atoms. The molecule has 100 valence electrons. The van der Waals surface area contributed by atoms with Gasteiger partial charge in [0.1, 0.15) is 5.82 Å². The lowest BCUT2D eigenvalue weighted by Crippen LogP contribution is -2.38. The number of aryl methyl sites for hydroxylation is 1. The van der Waals surface area contributed by atoms with E-state index >= 15 is 0 Å². The smallest absolute Gasteiger partial charge is 0.332 e. The lowest BCUT2D eigenvalue weighted by Gasteiger charge is -2.09. The fourth-order valence-corrected chi connectivity index (χ4v) is 1.77. The van der Waals surface area contributed by atoms with Gasteiger partial charge >= 0.3 is 5.69 Å². The first-order valence-corrected chi connectivity index (χ1v) is 5.25. The van der Waals surface area contributed by atoms with Crippen molar-refractivity contribution in [1.29, 1.82) is 0 Å². The molecule has 1 amide bonds. The molecule has 0 fully saturated rings. The third-order valence-corrected chi connectivity index (χ3v) is 2.83. The van der Waals surface area contributed by atoms with Crippen LogP contribution in [-0.4, -0.2) is 20.0 Å². The summed E-state index contributed by atoms with van der Waals surface area (Å²) < 4.78 is 2.10. The van der Waals surface area contributed by atoms with E-state index in [9.17, 15) is 14.4 Å². The molecular weight excluding hydrogens is 252 g/mol. The standard InChI is InChI=1S/C10H12N6O3/c1-15-7-5(9(18)16(2)10(15)19)3-4(6(11)13-7)8(17)14-12/h3H,12H2,1-2H3,(H2,11,13)(H,14,17). The van der Waals surface area contributed by atoms with E-state index in [0.29, 0.717) is 0 Å². The number of hydrogen-bond acceptors (Lipinski definition) is 6. The molecule has 9 heteroatoms. The average Bonchev–Trinajstić information content (AvgIpc) is 2.41. The summed E-state index contributed by atoms with van der Waals surface area (Å²) in [5.41, 5.74) is 6.53. The predicted molar refractivity (Wildman–Crippen MR) is 68.3 cm³/mol. The van der Waals surface area contributed by atoms with Gasteiger partial charge in [-0.25, -0.2) is 15.6 Å². The second kappa shape index (κ2) is 4.21. The molecule has 2 heterocycles. The van der Waals surface area contributed by atoms with E-state index in [1.54, 1.807) is 0 Å². The molecule has 19 heavy (non-hydrogen) atoms. The Morgan fingerprint density at radius 3 is 2.53 bits per heavy atom. The third kappa shape index (κ3) is 1.76. The summed E-state index contributed by atoms with van der Waals surface area (Å²) in [6.45, 7) is 0. The molecule has 0 saturated heterocycles. The van der Waals surface area contributed by atoms with Gasteiger partial charge in [0.2, 0.25) is 0 Å². The van der Waals surface area contributed by atoms with Crippen LogP contribution in [0.1, 0.15) is 10.4 Å². The van der Waals surface area contributed by atoms with Gasteiger partial charge in [-0.1, -0.05) is 0 Å². The van der Waals surface area contributed by atoms with E-state index < -0.39 is 17.2 Å². The Labute approximate surface area is 106 Å². The van der Waals surface area contributed by atoms with Crippen LogP contribution >= 0.6 is 0 Å².